The summed E-state index contributed by atoms with van der Waals surface area (Å²) in [6.07, 6.45) is -4.93. The van der Waals surface area contributed by atoms with Gasteiger partial charge in [-0.2, -0.15) is 0 Å². The Morgan fingerprint density at radius 2 is 1.33 bits per heavy atom. The lowest BCUT2D eigenvalue weighted by molar-refractivity contribution is -0.274. The van der Waals surface area contributed by atoms with Gasteiger partial charge in [0.2, 0.25) is 0 Å². The molecule has 0 saturated heterocycles. The van der Waals surface area contributed by atoms with Crippen molar-refractivity contribution in [1.29, 1.82) is 0 Å². The van der Waals surface area contributed by atoms with Crippen LogP contribution in [0, 0.1) is 0 Å². The van der Waals surface area contributed by atoms with Crippen LogP contribution in [0.25, 0.3) is 32.7 Å². The van der Waals surface area contributed by atoms with Gasteiger partial charge >= 0.3 is 6.36 Å². The Bertz CT molecular complexity index is 1320. The van der Waals surface area contributed by atoms with E-state index in [2.05, 4.69) is 36.6 Å². The van der Waals surface area contributed by atoms with Crippen LogP contribution in [-0.4, -0.2) is 15.1 Å². The Morgan fingerprint density at radius 3 is 1.87 bits per heavy atom. The van der Waals surface area contributed by atoms with Gasteiger partial charge in [-0.25, -0.2) is 4.21 Å². The minimum absolute atomic E-state index is 0.00716. The number of rotatable bonds is 3. The molecule has 3 nitrogen and oxygen atoms in total. The lowest BCUT2D eigenvalue weighted by Crippen LogP contribution is -2.17. The number of halogens is 5. The highest BCUT2D eigenvalue weighted by atomic mass is 79.9. The zero-order chi connectivity index (χ0) is 21.6. The van der Waals surface area contributed by atoms with Gasteiger partial charge in [0.15, 0.2) is 11.1 Å². The summed E-state index contributed by atoms with van der Waals surface area (Å²) in [6, 6.07) is 16.1. The second-order valence-corrected chi connectivity index (χ2v) is 9.17. The van der Waals surface area contributed by atoms with Crippen LogP contribution < -0.4 is 4.74 Å². The molecule has 0 aliphatic carbocycles. The fourth-order valence-electron chi connectivity index (χ4n) is 3.43. The van der Waals surface area contributed by atoms with Crippen molar-refractivity contribution in [3.8, 4) is 16.9 Å². The van der Waals surface area contributed by atoms with Crippen LogP contribution in [-0.2, 0) is 11.1 Å². The highest BCUT2D eigenvalue weighted by Gasteiger charge is 2.33. The molecule has 1 atom stereocenters. The molecule has 154 valence electrons. The third-order valence-electron chi connectivity index (χ3n) is 4.55. The first kappa shape index (κ1) is 21.3. The van der Waals surface area contributed by atoms with Gasteiger partial charge in [-0.1, -0.05) is 56.1 Å². The van der Waals surface area contributed by atoms with Gasteiger partial charge in [-0.05, 0) is 57.9 Å². The van der Waals surface area contributed by atoms with Crippen molar-refractivity contribution < 1.29 is 26.7 Å². The normalized spacial score (nSPS) is 13.0. The Labute approximate surface area is 188 Å². The van der Waals surface area contributed by atoms with Crippen molar-refractivity contribution in [1.82, 2.24) is 0 Å². The van der Waals surface area contributed by atoms with E-state index in [0.29, 0.717) is 21.5 Å². The molecule has 0 aliphatic rings. The zero-order valence-corrected chi connectivity index (χ0v) is 18.8. The van der Waals surface area contributed by atoms with Crippen LogP contribution in [0.15, 0.2) is 74.5 Å². The minimum Gasteiger partial charge on any atom is -0.405 e. The van der Waals surface area contributed by atoms with Crippen molar-refractivity contribution in [3.63, 3.8) is 0 Å². The maximum absolute atomic E-state index is 13.2. The molecule has 0 aliphatic heterocycles. The van der Waals surface area contributed by atoms with E-state index in [4.69, 9.17) is 0 Å². The standard InChI is InChI=1S/C21H11Br2F3O3S/c22-13-3-5-15-11(9-13)1-7-17(29-21(24,25)26)19(15)20-16-6-4-14(23)10-12(16)2-8-18(20)30(27)28/h1-10H,(H,27,28). The molecule has 1 N–H and O–H groups in total. The minimum atomic E-state index is -4.93. The average molecular weight is 560 g/mol. The van der Waals surface area contributed by atoms with Crippen LogP contribution >= 0.6 is 31.9 Å². The van der Waals surface area contributed by atoms with Gasteiger partial charge in [0, 0.05) is 20.1 Å². The van der Waals surface area contributed by atoms with E-state index in [1.807, 2.05) is 0 Å². The van der Waals surface area contributed by atoms with Crippen molar-refractivity contribution >= 4 is 64.5 Å². The van der Waals surface area contributed by atoms with Gasteiger partial charge in [-0.15, -0.1) is 13.2 Å². The quantitative estimate of drug-likeness (QED) is 0.262. The van der Waals surface area contributed by atoms with Gasteiger partial charge in [-0.3, -0.25) is 0 Å². The molecule has 0 radical (unpaired) electrons. The predicted octanol–water partition coefficient (Wildman–Crippen LogP) is 7.66. The second kappa shape index (κ2) is 7.96. The van der Waals surface area contributed by atoms with Gasteiger partial charge < -0.3 is 9.29 Å². The van der Waals surface area contributed by atoms with Crippen molar-refractivity contribution in [3.05, 3.63) is 69.6 Å². The smallest absolute Gasteiger partial charge is 0.405 e. The van der Waals surface area contributed by atoms with Gasteiger partial charge in [0.25, 0.3) is 0 Å². The fourth-order valence-corrected chi connectivity index (χ4v) is 4.76. The first-order chi connectivity index (χ1) is 14.1. The van der Waals surface area contributed by atoms with E-state index in [-0.39, 0.29) is 16.0 Å². The lowest BCUT2D eigenvalue weighted by atomic mass is 9.93. The molecule has 30 heavy (non-hydrogen) atoms. The molecule has 0 saturated carbocycles. The zero-order valence-electron chi connectivity index (χ0n) is 14.8. The summed E-state index contributed by atoms with van der Waals surface area (Å²) < 4.78 is 67.4. The van der Waals surface area contributed by atoms with Crippen molar-refractivity contribution in [2.24, 2.45) is 0 Å². The number of fused-ring (bicyclic) bond motifs is 2. The van der Waals surface area contributed by atoms with Gasteiger partial charge in [0.1, 0.15) is 5.75 Å². The first-order valence-corrected chi connectivity index (χ1v) is 11.1. The molecule has 1 unspecified atom stereocenters. The van der Waals surface area contributed by atoms with Crippen molar-refractivity contribution in [2.75, 3.05) is 0 Å². The van der Waals surface area contributed by atoms with Crippen LogP contribution in [0.4, 0.5) is 13.2 Å². The molecule has 9 heteroatoms. The summed E-state index contributed by atoms with van der Waals surface area (Å²) >= 11 is 4.30. The summed E-state index contributed by atoms with van der Waals surface area (Å²) in [7, 11) is 0. The average Bonchev–Trinajstić information content (AvgIpc) is 2.65. The third kappa shape index (κ3) is 4.12. The number of alkyl halides is 3. The Morgan fingerprint density at radius 1 is 0.800 bits per heavy atom. The molecule has 4 aromatic carbocycles. The summed E-state index contributed by atoms with van der Waals surface area (Å²) in [5, 5.41) is 2.33. The van der Waals surface area contributed by atoms with Gasteiger partial charge in [0.05, 0.1) is 4.90 Å². The number of hydrogen-bond donors (Lipinski definition) is 1. The highest BCUT2D eigenvalue weighted by Crippen LogP contribution is 2.45. The molecular formula is C21H11Br2F3O3S. The van der Waals surface area contributed by atoms with Crippen molar-refractivity contribution in [2.45, 2.75) is 11.3 Å². The number of benzene rings is 4. The molecule has 0 heterocycles. The van der Waals surface area contributed by atoms with E-state index in [1.54, 1.807) is 42.5 Å². The molecule has 0 spiro atoms. The topological polar surface area (TPSA) is 46.5 Å². The maximum Gasteiger partial charge on any atom is 0.573 e. The Balaban J connectivity index is 2.19. The maximum atomic E-state index is 13.2. The largest absolute Gasteiger partial charge is 0.573 e. The monoisotopic (exact) mass is 558 g/mol. The van der Waals surface area contributed by atoms with Crippen LogP contribution in [0.5, 0.6) is 5.75 Å². The summed E-state index contributed by atoms with van der Waals surface area (Å²) in [6.45, 7) is 0. The van der Waals surface area contributed by atoms with E-state index >= 15 is 0 Å². The second-order valence-electron chi connectivity index (χ2n) is 6.41. The molecule has 4 aromatic rings. The molecule has 4 rings (SSSR count). The molecule has 0 amide bonds. The molecule has 0 bridgehead atoms. The lowest BCUT2D eigenvalue weighted by Gasteiger charge is -2.19. The third-order valence-corrected chi connectivity index (χ3v) is 6.25. The number of ether oxygens (including phenoxy) is 1. The SMILES string of the molecule is O=S(O)c1ccc2cc(Br)ccc2c1-c1c(OC(F)(F)F)ccc2cc(Br)ccc12. The van der Waals surface area contributed by atoms with Crippen LogP contribution in [0.2, 0.25) is 0 Å². The van der Waals surface area contributed by atoms with Crippen LogP contribution in [0.3, 0.4) is 0 Å². The summed E-state index contributed by atoms with van der Waals surface area (Å²) in [5.41, 5.74) is 0.315. The summed E-state index contributed by atoms with van der Waals surface area (Å²) in [5.74, 6) is -0.445. The number of hydrogen-bond acceptors (Lipinski definition) is 2. The van der Waals surface area contributed by atoms with Crippen LogP contribution in [0.1, 0.15) is 0 Å². The molecule has 0 fully saturated rings. The van der Waals surface area contributed by atoms with E-state index < -0.39 is 23.2 Å². The predicted molar refractivity (Wildman–Crippen MR) is 118 cm³/mol. The van der Waals surface area contributed by atoms with E-state index in [9.17, 15) is 21.9 Å². The first-order valence-electron chi connectivity index (χ1n) is 8.45. The summed E-state index contributed by atoms with van der Waals surface area (Å²) in [4.78, 5) is -0.00716. The molecule has 0 aromatic heterocycles. The Kier molecular flexibility index (Phi) is 5.65. The fraction of sp³-hybridized carbons (Fsp3) is 0.0476. The Hall–Kier alpha value is -1.94. The molecular weight excluding hydrogens is 549 g/mol. The van der Waals surface area contributed by atoms with E-state index in [1.165, 1.54) is 18.2 Å². The van der Waals surface area contributed by atoms with E-state index in [0.717, 1.165) is 8.95 Å². The highest BCUT2D eigenvalue weighted by molar-refractivity contribution is 9.10.